The molecule has 0 saturated heterocycles. The summed E-state index contributed by atoms with van der Waals surface area (Å²) in [4.78, 5) is 43.8. The number of para-hydroxylation sites is 2. The van der Waals surface area contributed by atoms with Gasteiger partial charge >= 0.3 is 5.97 Å². The predicted octanol–water partition coefficient (Wildman–Crippen LogP) is 3.83. The van der Waals surface area contributed by atoms with Crippen molar-refractivity contribution < 1.29 is 14.3 Å². The Morgan fingerprint density at radius 3 is 2.29 bits per heavy atom. The van der Waals surface area contributed by atoms with Crippen molar-refractivity contribution in [3.63, 3.8) is 0 Å². The molecule has 0 radical (unpaired) electrons. The van der Waals surface area contributed by atoms with E-state index >= 15 is 0 Å². The molecular formula is C25H20N2O4. The molecule has 31 heavy (non-hydrogen) atoms. The first-order valence-electron chi connectivity index (χ1n) is 9.92. The first kappa shape index (κ1) is 20.2. The summed E-state index contributed by atoms with van der Waals surface area (Å²) in [6.07, 6.45) is 0.252. The molecule has 154 valence electrons. The zero-order valence-corrected chi connectivity index (χ0v) is 16.7. The van der Waals surface area contributed by atoms with Gasteiger partial charge in [0.2, 0.25) is 0 Å². The van der Waals surface area contributed by atoms with Gasteiger partial charge in [-0.3, -0.25) is 14.4 Å². The lowest BCUT2D eigenvalue weighted by atomic mass is 10.0. The molecule has 1 aromatic heterocycles. The van der Waals surface area contributed by atoms with Crippen LogP contribution in [0.15, 0.2) is 83.7 Å². The maximum absolute atomic E-state index is 12.4. The summed E-state index contributed by atoms with van der Waals surface area (Å²) >= 11 is 0. The van der Waals surface area contributed by atoms with Crippen LogP contribution in [0.1, 0.15) is 33.6 Å². The number of carbonyl (C=O) groups is 2. The molecule has 3 aromatic carbocycles. The fourth-order valence-corrected chi connectivity index (χ4v) is 3.20. The summed E-state index contributed by atoms with van der Waals surface area (Å²) in [6.45, 7) is 0.0974. The van der Waals surface area contributed by atoms with E-state index in [0.717, 1.165) is 5.56 Å². The summed E-state index contributed by atoms with van der Waals surface area (Å²) in [7, 11) is 0. The Morgan fingerprint density at radius 2 is 1.52 bits per heavy atom. The number of rotatable bonds is 7. The van der Waals surface area contributed by atoms with Gasteiger partial charge < -0.3 is 9.72 Å². The molecule has 4 rings (SSSR count). The molecule has 0 aliphatic rings. The number of aromatic amines is 1. The molecule has 0 saturated carbocycles. The molecule has 0 atom stereocenters. The largest absolute Gasteiger partial charge is 0.461 e. The van der Waals surface area contributed by atoms with Crippen molar-refractivity contribution in [2.45, 2.75) is 19.4 Å². The lowest BCUT2D eigenvalue weighted by Crippen LogP contribution is -2.17. The van der Waals surface area contributed by atoms with Crippen molar-refractivity contribution in [1.29, 1.82) is 0 Å². The molecule has 0 bridgehead atoms. The molecule has 6 heteroatoms. The average Bonchev–Trinajstić information content (AvgIpc) is 2.82. The number of H-pyrrole nitrogens is 1. The van der Waals surface area contributed by atoms with Crippen LogP contribution >= 0.6 is 0 Å². The smallest absolute Gasteiger partial charge is 0.306 e. The van der Waals surface area contributed by atoms with Gasteiger partial charge in [-0.05, 0) is 17.7 Å². The average molecular weight is 412 g/mol. The van der Waals surface area contributed by atoms with Crippen molar-refractivity contribution in [1.82, 2.24) is 9.97 Å². The monoisotopic (exact) mass is 412 g/mol. The topological polar surface area (TPSA) is 89.1 Å². The Morgan fingerprint density at radius 1 is 0.839 bits per heavy atom. The van der Waals surface area contributed by atoms with Crippen LogP contribution in [0.5, 0.6) is 0 Å². The molecule has 0 unspecified atom stereocenters. The van der Waals surface area contributed by atoms with Crippen molar-refractivity contribution in [2.75, 3.05) is 0 Å². The van der Waals surface area contributed by atoms with Crippen LogP contribution in [0, 0.1) is 0 Å². The maximum Gasteiger partial charge on any atom is 0.306 e. The van der Waals surface area contributed by atoms with Gasteiger partial charge in [0.05, 0.1) is 17.5 Å². The summed E-state index contributed by atoms with van der Waals surface area (Å²) in [5.41, 5.74) is 3.31. The third-order valence-electron chi connectivity index (χ3n) is 4.89. The van der Waals surface area contributed by atoms with Crippen molar-refractivity contribution in [2.24, 2.45) is 0 Å². The van der Waals surface area contributed by atoms with E-state index in [-0.39, 0.29) is 30.8 Å². The molecule has 6 nitrogen and oxygen atoms in total. The van der Waals surface area contributed by atoms with E-state index in [2.05, 4.69) is 9.97 Å². The van der Waals surface area contributed by atoms with Gasteiger partial charge in [-0.2, -0.15) is 0 Å². The van der Waals surface area contributed by atoms with Crippen LogP contribution in [0.4, 0.5) is 0 Å². The SMILES string of the molecule is O=C(CCc1nc2ccccc2[nH]c1=O)OCc1ccc(C(=O)c2ccccc2)cc1. The number of aromatic nitrogens is 2. The molecule has 1 N–H and O–H groups in total. The predicted molar refractivity (Wildman–Crippen MR) is 117 cm³/mol. The van der Waals surface area contributed by atoms with Crippen LogP contribution in [-0.4, -0.2) is 21.7 Å². The number of benzene rings is 3. The highest BCUT2D eigenvalue weighted by Gasteiger charge is 2.11. The second-order valence-corrected chi connectivity index (χ2v) is 7.08. The Bertz CT molecular complexity index is 1280. The summed E-state index contributed by atoms with van der Waals surface area (Å²) in [5, 5.41) is 0. The van der Waals surface area contributed by atoms with Gasteiger partial charge in [0.25, 0.3) is 5.56 Å². The van der Waals surface area contributed by atoms with Crippen molar-refractivity contribution >= 4 is 22.8 Å². The van der Waals surface area contributed by atoms with Gasteiger partial charge in [0.15, 0.2) is 5.78 Å². The number of nitrogens with zero attached hydrogens (tertiary/aromatic N) is 1. The zero-order chi connectivity index (χ0) is 21.6. The first-order valence-corrected chi connectivity index (χ1v) is 9.92. The third kappa shape index (κ3) is 4.93. The second-order valence-electron chi connectivity index (χ2n) is 7.08. The number of fused-ring (bicyclic) bond motifs is 1. The van der Waals surface area contributed by atoms with Crippen LogP contribution in [-0.2, 0) is 22.6 Å². The summed E-state index contributed by atoms with van der Waals surface area (Å²) in [6, 6.07) is 23.3. The number of hydrogen-bond acceptors (Lipinski definition) is 5. The fourth-order valence-electron chi connectivity index (χ4n) is 3.20. The Labute approximate surface area is 178 Å². The molecule has 0 amide bonds. The molecule has 0 aliphatic heterocycles. The summed E-state index contributed by atoms with van der Waals surface area (Å²) in [5.74, 6) is -0.476. The number of ketones is 1. The highest BCUT2D eigenvalue weighted by Crippen LogP contribution is 2.12. The van der Waals surface area contributed by atoms with E-state index < -0.39 is 5.97 Å². The molecule has 0 fully saturated rings. The van der Waals surface area contributed by atoms with E-state index in [1.165, 1.54) is 0 Å². The van der Waals surface area contributed by atoms with E-state index in [0.29, 0.717) is 27.9 Å². The fraction of sp³-hybridized carbons (Fsp3) is 0.120. The number of carbonyl (C=O) groups excluding carboxylic acids is 2. The summed E-state index contributed by atoms with van der Waals surface area (Å²) < 4.78 is 5.30. The number of hydrogen-bond donors (Lipinski definition) is 1. The second kappa shape index (κ2) is 9.17. The number of ether oxygens (including phenoxy) is 1. The van der Waals surface area contributed by atoms with Crippen LogP contribution in [0.2, 0.25) is 0 Å². The minimum Gasteiger partial charge on any atom is -0.461 e. The van der Waals surface area contributed by atoms with Gasteiger partial charge in [0, 0.05) is 17.5 Å². The lowest BCUT2D eigenvalue weighted by Gasteiger charge is -2.07. The van der Waals surface area contributed by atoms with Gasteiger partial charge in [-0.25, -0.2) is 4.98 Å². The zero-order valence-electron chi connectivity index (χ0n) is 16.7. The number of nitrogens with one attached hydrogen (secondary N) is 1. The normalized spacial score (nSPS) is 10.7. The standard InChI is InChI=1S/C25H20N2O4/c28-23(15-14-22-25(30)27-21-9-5-4-8-20(21)26-22)31-16-17-10-12-19(13-11-17)24(29)18-6-2-1-3-7-18/h1-13H,14-16H2,(H,27,30). The Hall–Kier alpha value is -4.06. The van der Waals surface area contributed by atoms with Gasteiger partial charge in [-0.1, -0.05) is 66.7 Å². The minimum atomic E-state index is -0.418. The van der Waals surface area contributed by atoms with Gasteiger partial charge in [-0.15, -0.1) is 0 Å². The highest BCUT2D eigenvalue weighted by atomic mass is 16.5. The van der Waals surface area contributed by atoms with Crippen LogP contribution < -0.4 is 5.56 Å². The highest BCUT2D eigenvalue weighted by molar-refractivity contribution is 6.08. The number of aryl methyl sites for hydroxylation is 1. The molecular weight excluding hydrogens is 392 g/mol. The third-order valence-corrected chi connectivity index (χ3v) is 4.89. The molecule has 1 heterocycles. The first-order chi connectivity index (χ1) is 15.1. The Kier molecular flexibility index (Phi) is 5.98. The molecule has 0 spiro atoms. The van der Waals surface area contributed by atoms with Gasteiger partial charge in [0.1, 0.15) is 12.3 Å². The van der Waals surface area contributed by atoms with E-state index in [4.69, 9.17) is 4.74 Å². The minimum absolute atomic E-state index is 0.0546. The quantitative estimate of drug-likeness (QED) is 0.368. The number of esters is 1. The molecule has 0 aliphatic carbocycles. The molecule has 4 aromatic rings. The maximum atomic E-state index is 12.4. The van der Waals surface area contributed by atoms with E-state index in [1.807, 2.05) is 30.3 Å². The van der Waals surface area contributed by atoms with Crippen molar-refractivity contribution in [3.8, 4) is 0 Å². The Balaban J connectivity index is 1.31. The van der Waals surface area contributed by atoms with Crippen molar-refractivity contribution in [3.05, 3.63) is 112 Å². The van der Waals surface area contributed by atoms with E-state index in [9.17, 15) is 14.4 Å². The van der Waals surface area contributed by atoms with Crippen LogP contribution in [0.3, 0.4) is 0 Å². The lowest BCUT2D eigenvalue weighted by molar-refractivity contribution is -0.144. The van der Waals surface area contributed by atoms with Crippen LogP contribution in [0.25, 0.3) is 11.0 Å². The van der Waals surface area contributed by atoms with E-state index in [1.54, 1.807) is 48.5 Å².